The van der Waals surface area contributed by atoms with E-state index in [1.165, 1.54) is 47.0 Å². The van der Waals surface area contributed by atoms with Crippen LogP contribution < -0.4 is 4.74 Å². The van der Waals surface area contributed by atoms with Crippen molar-refractivity contribution in [3.05, 3.63) is 53.1 Å². The number of carbonyl (C=O) groups is 1. The third kappa shape index (κ3) is 3.83. The highest BCUT2D eigenvalue weighted by atomic mass is 32.2. The molecule has 8 rings (SSSR count). The zero-order valence-electron chi connectivity index (χ0n) is 24.0. The van der Waals surface area contributed by atoms with E-state index in [9.17, 15) is 14.1 Å². The number of hydrogen-bond donors (Lipinski definition) is 1. The Balaban J connectivity index is 1.35. The molecule has 2 saturated heterocycles. The molecule has 5 unspecified atom stereocenters. The molecule has 8 heteroatoms. The van der Waals surface area contributed by atoms with Crippen LogP contribution in [-0.2, 0) is 17.5 Å². The van der Waals surface area contributed by atoms with Crippen molar-refractivity contribution in [3.8, 4) is 17.0 Å². The number of methoxy groups -OCH3 is 1. The molecule has 2 saturated carbocycles. The lowest BCUT2D eigenvalue weighted by Gasteiger charge is -2.40. The van der Waals surface area contributed by atoms with Gasteiger partial charge in [-0.05, 0) is 86.5 Å². The predicted molar refractivity (Wildman–Crippen MR) is 161 cm³/mol. The number of piperazine rings is 1. The highest BCUT2D eigenvalue weighted by molar-refractivity contribution is 7.84. The van der Waals surface area contributed by atoms with Crippen molar-refractivity contribution in [1.29, 1.82) is 0 Å². The maximum Gasteiger partial charge on any atom is 0.335 e. The van der Waals surface area contributed by atoms with Gasteiger partial charge in [-0.1, -0.05) is 25.3 Å². The Morgan fingerprint density at radius 3 is 2.49 bits per heavy atom. The number of fused-ring (bicyclic) bond motifs is 9. The molecule has 0 spiro atoms. The molecule has 7 nitrogen and oxygen atoms in total. The maximum atomic E-state index is 14.9. The maximum absolute atomic E-state index is 14.9. The number of hydrogen-bond acceptors (Lipinski definition) is 4. The molecule has 3 aromatic rings. The second-order valence-electron chi connectivity index (χ2n) is 13.2. The van der Waals surface area contributed by atoms with Gasteiger partial charge < -0.3 is 19.3 Å². The molecule has 2 bridgehead atoms. The lowest BCUT2D eigenvalue weighted by atomic mass is 9.81. The number of carboxylic acids is 1. The molecule has 3 aliphatic heterocycles. The van der Waals surface area contributed by atoms with E-state index in [0.29, 0.717) is 30.1 Å². The van der Waals surface area contributed by atoms with Crippen LogP contribution in [0, 0.1) is 0 Å². The molecule has 5 atom stereocenters. The van der Waals surface area contributed by atoms with Gasteiger partial charge in [-0.3, -0.25) is 0 Å². The number of likely N-dealkylation sites (tertiary alicyclic amines) is 1. The number of nitrogens with zero attached hydrogens (tertiary/aromatic N) is 3. The number of likely N-dealkylation sites (N-methyl/N-ethyl adjacent to an activating group) is 1. The van der Waals surface area contributed by atoms with Crippen LogP contribution in [0.3, 0.4) is 0 Å². The lowest BCUT2D eigenvalue weighted by molar-refractivity contribution is 0.0697. The predicted octanol–water partition coefficient (Wildman–Crippen LogP) is 5.74. The van der Waals surface area contributed by atoms with Crippen molar-refractivity contribution in [2.75, 3.05) is 27.2 Å². The van der Waals surface area contributed by atoms with E-state index in [-0.39, 0.29) is 5.92 Å². The van der Waals surface area contributed by atoms with E-state index in [2.05, 4.69) is 39.0 Å². The molecule has 0 amide bonds. The average Bonchev–Trinajstić information content (AvgIpc) is 3.57. The van der Waals surface area contributed by atoms with Crippen molar-refractivity contribution in [1.82, 2.24) is 13.8 Å². The third-order valence-electron chi connectivity index (χ3n) is 10.8. The van der Waals surface area contributed by atoms with Crippen LogP contribution in [0.25, 0.3) is 22.2 Å². The highest BCUT2D eigenvalue weighted by Crippen LogP contribution is 2.63. The minimum atomic E-state index is -1.16. The normalized spacial score (nSPS) is 30.3. The summed E-state index contributed by atoms with van der Waals surface area (Å²) in [5, 5.41) is 11.1. The quantitative estimate of drug-likeness (QED) is 0.421. The fourth-order valence-corrected chi connectivity index (χ4v) is 11.1. The number of aromatic carboxylic acids is 1. The largest absolute Gasteiger partial charge is 0.497 e. The molecular weight excluding hydrogens is 534 g/mol. The van der Waals surface area contributed by atoms with Crippen LogP contribution in [0.4, 0.5) is 0 Å². The zero-order chi connectivity index (χ0) is 28.0. The summed E-state index contributed by atoms with van der Waals surface area (Å²) in [4.78, 5) is 14.5. The Kier molecular flexibility index (Phi) is 5.97. The van der Waals surface area contributed by atoms with Gasteiger partial charge in [0, 0.05) is 54.1 Å². The van der Waals surface area contributed by atoms with Gasteiger partial charge in [0.1, 0.15) is 16.7 Å². The molecular formula is C33H39N3O4S. The Morgan fingerprint density at radius 1 is 1.02 bits per heavy atom. The van der Waals surface area contributed by atoms with Gasteiger partial charge in [-0.15, -0.1) is 0 Å². The average molecular weight is 574 g/mol. The van der Waals surface area contributed by atoms with Crippen molar-refractivity contribution < 1.29 is 18.8 Å². The van der Waals surface area contributed by atoms with E-state index in [1.54, 1.807) is 13.2 Å². The molecule has 2 aliphatic carbocycles. The Morgan fingerprint density at radius 2 is 1.78 bits per heavy atom. The van der Waals surface area contributed by atoms with E-state index in [4.69, 9.17) is 4.74 Å². The fraction of sp³-hybridized carbons (Fsp3) is 0.545. The van der Waals surface area contributed by atoms with Crippen molar-refractivity contribution in [2.45, 2.75) is 86.6 Å². The Labute approximate surface area is 244 Å². The number of rotatable bonds is 5. The number of aromatic nitrogens is 1. The van der Waals surface area contributed by atoms with Gasteiger partial charge in [0.2, 0.25) is 0 Å². The van der Waals surface area contributed by atoms with E-state index in [0.717, 1.165) is 56.5 Å². The van der Waals surface area contributed by atoms with Gasteiger partial charge in [0.05, 0.1) is 23.1 Å². The van der Waals surface area contributed by atoms with Gasteiger partial charge in [0.15, 0.2) is 0 Å². The van der Waals surface area contributed by atoms with Crippen LogP contribution >= 0.6 is 0 Å². The molecule has 1 N–H and O–H groups in total. The summed E-state index contributed by atoms with van der Waals surface area (Å²) in [6.45, 7) is 2.59. The van der Waals surface area contributed by atoms with Crippen LogP contribution in [0.15, 0.2) is 36.4 Å². The standard InChI is InChI=1S/C33H39N3O4S/c1-34-17-22-9-10-23(18-34)36(22)41(39)33-16-28(33)27-15-24(40-2)11-13-25(27)31-30(20-6-4-3-5-7-20)26-12-8-21(32(37)38)14-29(26)35(31)19-33/h8,11-15,20,22-23,28H,3-7,9-10,16-19H2,1-2H3,(H,37,38). The van der Waals surface area contributed by atoms with Gasteiger partial charge >= 0.3 is 5.97 Å². The summed E-state index contributed by atoms with van der Waals surface area (Å²) in [6, 6.07) is 12.8. The van der Waals surface area contributed by atoms with Crippen molar-refractivity contribution >= 4 is 27.9 Å². The summed E-state index contributed by atoms with van der Waals surface area (Å²) in [5.74, 6) is 0.561. The van der Waals surface area contributed by atoms with Crippen LogP contribution in [0.2, 0.25) is 0 Å². The molecule has 2 aromatic carbocycles. The first kappa shape index (κ1) is 26.0. The molecule has 4 heterocycles. The van der Waals surface area contributed by atoms with Gasteiger partial charge in [-0.2, -0.15) is 0 Å². The number of carboxylic acid groups (broad SMARTS) is 1. The SMILES string of the molecule is COc1ccc2c(c1)C1CC1(S(=O)N1C3CCC1CN(C)C3)Cn1c-2c(C2CCCCC2)c2ccc(C(=O)O)cc21. The minimum Gasteiger partial charge on any atom is -0.497 e. The zero-order valence-corrected chi connectivity index (χ0v) is 24.8. The molecule has 41 heavy (non-hydrogen) atoms. The van der Waals surface area contributed by atoms with Crippen LogP contribution in [0.5, 0.6) is 5.75 Å². The summed E-state index contributed by atoms with van der Waals surface area (Å²) >= 11 is 0. The molecule has 1 aromatic heterocycles. The summed E-state index contributed by atoms with van der Waals surface area (Å²) in [6.07, 6.45) is 9.13. The summed E-state index contributed by atoms with van der Waals surface area (Å²) < 4.78 is 25.0. The van der Waals surface area contributed by atoms with Crippen molar-refractivity contribution in [2.24, 2.45) is 0 Å². The summed E-state index contributed by atoms with van der Waals surface area (Å²) in [5.41, 5.74) is 6.33. The fourth-order valence-electron chi connectivity index (χ4n) is 8.87. The second-order valence-corrected chi connectivity index (χ2v) is 14.9. The molecule has 216 valence electrons. The summed E-state index contributed by atoms with van der Waals surface area (Å²) in [7, 11) is 2.75. The van der Waals surface area contributed by atoms with E-state index >= 15 is 0 Å². The second kappa shape index (κ2) is 9.41. The first-order chi connectivity index (χ1) is 19.9. The van der Waals surface area contributed by atoms with Crippen LogP contribution in [0.1, 0.15) is 84.7 Å². The van der Waals surface area contributed by atoms with Gasteiger partial charge in [-0.25, -0.2) is 13.3 Å². The van der Waals surface area contributed by atoms with Crippen LogP contribution in [-0.4, -0.2) is 73.1 Å². The highest BCUT2D eigenvalue weighted by Gasteiger charge is 2.65. The third-order valence-corrected chi connectivity index (χ3v) is 13.1. The minimum absolute atomic E-state index is 0.185. The Bertz CT molecular complexity index is 1580. The topological polar surface area (TPSA) is 75.0 Å². The first-order valence-electron chi connectivity index (χ1n) is 15.4. The van der Waals surface area contributed by atoms with E-state index < -0.39 is 21.7 Å². The molecule has 5 aliphatic rings. The van der Waals surface area contributed by atoms with E-state index in [1.807, 2.05) is 12.1 Å². The van der Waals surface area contributed by atoms with Crippen molar-refractivity contribution in [3.63, 3.8) is 0 Å². The molecule has 4 fully saturated rings. The molecule has 0 radical (unpaired) electrons. The Hall–Kier alpha value is -2.68. The monoisotopic (exact) mass is 573 g/mol. The van der Waals surface area contributed by atoms with Gasteiger partial charge in [0.25, 0.3) is 0 Å². The number of ether oxygens (including phenoxy) is 1. The lowest BCUT2D eigenvalue weighted by Crippen LogP contribution is -2.55. The number of benzene rings is 2. The first-order valence-corrected chi connectivity index (χ1v) is 16.5. The smallest absolute Gasteiger partial charge is 0.335 e.